The van der Waals surface area contributed by atoms with E-state index in [2.05, 4.69) is 42.3 Å². The van der Waals surface area contributed by atoms with Gasteiger partial charge in [0.05, 0.1) is 13.1 Å². The monoisotopic (exact) mass is 433 g/mol. The van der Waals surface area contributed by atoms with Crippen molar-refractivity contribution in [1.29, 1.82) is 0 Å². The van der Waals surface area contributed by atoms with Crippen molar-refractivity contribution in [2.75, 3.05) is 0 Å². The predicted molar refractivity (Wildman–Crippen MR) is 138 cm³/mol. The van der Waals surface area contributed by atoms with Crippen molar-refractivity contribution in [3.8, 4) is 0 Å². The Kier molecular flexibility index (Phi) is 19.2. The summed E-state index contributed by atoms with van der Waals surface area (Å²) < 4.78 is 5.16. The zero-order chi connectivity index (χ0) is 22.4. The van der Waals surface area contributed by atoms with Crippen LogP contribution >= 0.6 is 0 Å². The van der Waals surface area contributed by atoms with Gasteiger partial charge in [0.25, 0.3) is 5.82 Å². The molecule has 0 aliphatic heterocycles. The number of aryl methyl sites for hydroxylation is 2. The fourth-order valence-electron chi connectivity index (χ4n) is 4.73. The highest BCUT2D eigenvalue weighted by Gasteiger charge is 2.16. The van der Waals surface area contributed by atoms with Gasteiger partial charge in [-0.1, -0.05) is 117 Å². The molecule has 0 saturated heterocycles. The van der Waals surface area contributed by atoms with Crippen molar-refractivity contribution < 1.29 is 4.57 Å². The zero-order valence-electron chi connectivity index (χ0n) is 21.8. The van der Waals surface area contributed by atoms with Gasteiger partial charge in [-0.05, 0) is 32.1 Å². The number of unbranched alkanes of at least 4 members (excludes halogenated alkanes) is 17. The number of hydrogen-bond donors (Lipinski definition) is 0. The number of imidazole rings is 1. The van der Waals surface area contributed by atoms with Crippen LogP contribution in [0, 0.1) is 0 Å². The Labute approximate surface area is 196 Å². The van der Waals surface area contributed by atoms with Crippen LogP contribution in [0.5, 0.6) is 0 Å². The third kappa shape index (κ3) is 14.8. The molecule has 31 heavy (non-hydrogen) atoms. The summed E-state index contributed by atoms with van der Waals surface area (Å²) in [5, 5.41) is 0. The lowest BCUT2D eigenvalue weighted by molar-refractivity contribution is -0.704. The maximum absolute atomic E-state index is 2.59. The molecule has 0 atom stereocenters. The van der Waals surface area contributed by atoms with Crippen LogP contribution in [-0.2, 0) is 19.5 Å². The molecule has 0 N–H and O–H groups in total. The average Bonchev–Trinajstić information content (AvgIpc) is 3.16. The smallest absolute Gasteiger partial charge is 0.234 e. The van der Waals surface area contributed by atoms with Crippen molar-refractivity contribution in [3.05, 3.63) is 18.2 Å². The Hall–Kier alpha value is -0.790. The van der Waals surface area contributed by atoms with Gasteiger partial charge < -0.3 is 0 Å². The lowest BCUT2D eigenvalue weighted by Gasteiger charge is -2.06. The number of aromatic nitrogens is 2. The summed E-state index contributed by atoms with van der Waals surface area (Å²) in [6, 6.07) is 0. The summed E-state index contributed by atoms with van der Waals surface area (Å²) in [7, 11) is 0. The van der Waals surface area contributed by atoms with Crippen molar-refractivity contribution in [1.82, 2.24) is 4.57 Å². The molecule has 0 radical (unpaired) electrons. The van der Waals surface area contributed by atoms with E-state index in [1.807, 2.05) is 0 Å². The molecule has 0 bridgehead atoms. The maximum atomic E-state index is 2.59. The fourth-order valence-corrected chi connectivity index (χ4v) is 4.73. The standard InChI is InChI=1S/C29H57N2/c1-4-7-10-13-14-15-16-17-18-19-20-23-26-31-28-27-30(25-22-12-9-6-3)29(31)24-21-11-8-5-2/h27-28H,4-26H2,1-3H3/q+1. The molecule has 0 amide bonds. The van der Waals surface area contributed by atoms with E-state index in [9.17, 15) is 0 Å². The average molecular weight is 434 g/mol. The second-order valence-electron chi connectivity index (χ2n) is 9.86. The second-order valence-corrected chi connectivity index (χ2v) is 9.86. The summed E-state index contributed by atoms with van der Waals surface area (Å²) in [4.78, 5) is 0. The van der Waals surface area contributed by atoms with E-state index < -0.39 is 0 Å². The highest BCUT2D eigenvalue weighted by atomic mass is 15.1. The van der Waals surface area contributed by atoms with Crippen LogP contribution in [0.4, 0.5) is 0 Å². The highest BCUT2D eigenvalue weighted by Crippen LogP contribution is 2.13. The molecule has 1 heterocycles. The Bertz CT molecular complexity index is 491. The van der Waals surface area contributed by atoms with E-state index in [-0.39, 0.29) is 0 Å². The van der Waals surface area contributed by atoms with Gasteiger partial charge in [0.1, 0.15) is 12.4 Å². The van der Waals surface area contributed by atoms with Crippen molar-refractivity contribution in [2.45, 2.75) is 169 Å². The van der Waals surface area contributed by atoms with Crippen molar-refractivity contribution >= 4 is 0 Å². The van der Waals surface area contributed by atoms with Crippen LogP contribution in [0.1, 0.15) is 155 Å². The van der Waals surface area contributed by atoms with Gasteiger partial charge in [-0.2, -0.15) is 0 Å². The minimum Gasteiger partial charge on any atom is -0.234 e. The fraction of sp³-hybridized carbons (Fsp3) is 0.897. The molecule has 2 heteroatoms. The molecule has 0 aliphatic carbocycles. The molecule has 0 aliphatic rings. The third-order valence-corrected chi connectivity index (χ3v) is 6.85. The van der Waals surface area contributed by atoms with Crippen LogP contribution in [0.15, 0.2) is 12.4 Å². The molecular formula is C29H57N2+. The first-order valence-corrected chi connectivity index (χ1v) is 14.4. The van der Waals surface area contributed by atoms with Gasteiger partial charge in [-0.15, -0.1) is 0 Å². The number of nitrogens with zero attached hydrogens (tertiary/aromatic N) is 2. The van der Waals surface area contributed by atoms with E-state index in [0.29, 0.717) is 0 Å². The van der Waals surface area contributed by atoms with Gasteiger partial charge in [0.2, 0.25) is 0 Å². The molecule has 2 nitrogen and oxygen atoms in total. The summed E-state index contributed by atoms with van der Waals surface area (Å²) in [5.74, 6) is 1.59. The van der Waals surface area contributed by atoms with E-state index >= 15 is 0 Å². The Morgan fingerprint density at radius 2 is 1.00 bits per heavy atom. The lowest BCUT2D eigenvalue weighted by Crippen LogP contribution is -2.37. The molecule has 1 aromatic rings. The van der Waals surface area contributed by atoms with Gasteiger partial charge in [0, 0.05) is 6.42 Å². The molecule has 0 aromatic carbocycles. The summed E-state index contributed by atoms with van der Waals surface area (Å²) in [6.07, 6.45) is 34.1. The van der Waals surface area contributed by atoms with Gasteiger partial charge in [-0.3, -0.25) is 0 Å². The molecule has 1 rings (SSSR count). The van der Waals surface area contributed by atoms with E-state index in [1.165, 1.54) is 148 Å². The number of rotatable bonds is 23. The molecule has 0 fully saturated rings. The molecule has 0 saturated carbocycles. The van der Waals surface area contributed by atoms with E-state index in [0.717, 1.165) is 0 Å². The normalized spacial score (nSPS) is 11.5. The van der Waals surface area contributed by atoms with E-state index in [4.69, 9.17) is 0 Å². The maximum Gasteiger partial charge on any atom is 0.256 e. The highest BCUT2D eigenvalue weighted by molar-refractivity contribution is 4.84. The lowest BCUT2D eigenvalue weighted by atomic mass is 10.1. The van der Waals surface area contributed by atoms with Crippen LogP contribution in [0.2, 0.25) is 0 Å². The first kappa shape index (κ1) is 28.2. The summed E-state index contributed by atoms with van der Waals surface area (Å²) in [6.45, 7) is 9.36. The SMILES string of the molecule is CCCCCCCCCCCCCC[n+]1ccn(CCCCCC)c1CCCCCC. The third-order valence-electron chi connectivity index (χ3n) is 6.85. The van der Waals surface area contributed by atoms with Crippen LogP contribution < -0.4 is 4.57 Å². The minimum absolute atomic E-state index is 1.22. The second kappa shape index (κ2) is 21.1. The van der Waals surface area contributed by atoms with Gasteiger partial charge in [0.15, 0.2) is 0 Å². The van der Waals surface area contributed by atoms with Crippen molar-refractivity contribution in [2.24, 2.45) is 0 Å². The minimum atomic E-state index is 1.22. The largest absolute Gasteiger partial charge is 0.256 e. The van der Waals surface area contributed by atoms with Crippen LogP contribution in [-0.4, -0.2) is 4.57 Å². The van der Waals surface area contributed by atoms with E-state index in [1.54, 1.807) is 5.82 Å². The Balaban J connectivity index is 2.23. The molecule has 182 valence electrons. The predicted octanol–water partition coefficient (Wildman–Crippen LogP) is 9.18. The first-order chi connectivity index (χ1) is 15.3. The quantitative estimate of drug-likeness (QED) is 0.120. The van der Waals surface area contributed by atoms with Gasteiger partial charge in [-0.25, -0.2) is 9.13 Å². The first-order valence-electron chi connectivity index (χ1n) is 14.4. The summed E-state index contributed by atoms with van der Waals surface area (Å²) in [5.41, 5.74) is 0. The zero-order valence-corrected chi connectivity index (χ0v) is 21.8. The molecule has 0 unspecified atom stereocenters. The molecule has 1 aromatic heterocycles. The molecule has 0 spiro atoms. The van der Waals surface area contributed by atoms with Crippen molar-refractivity contribution in [3.63, 3.8) is 0 Å². The Morgan fingerprint density at radius 3 is 1.55 bits per heavy atom. The topological polar surface area (TPSA) is 8.81 Å². The summed E-state index contributed by atoms with van der Waals surface area (Å²) >= 11 is 0. The van der Waals surface area contributed by atoms with Gasteiger partial charge >= 0.3 is 0 Å². The molecular weight excluding hydrogens is 376 g/mol. The van der Waals surface area contributed by atoms with Crippen LogP contribution in [0.3, 0.4) is 0 Å². The Morgan fingerprint density at radius 1 is 0.548 bits per heavy atom. The number of hydrogen-bond acceptors (Lipinski definition) is 0. The van der Waals surface area contributed by atoms with Crippen LogP contribution in [0.25, 0.3) is 0 Å².